The van der Waals surface area contributed by atoms with E-state index >= 15 is 0 Å². The van der Waals surface area contributed by atoms with Gasteiger partial charge in [0.1, 0.15) is 0 Å². The summed E-state index contributed by atoms with van der Waals surface area (Å²) in [6.45, 7) is 4.32. The average molecular weight is 258 g/mol. The maximum Gasteiger partial charge on any atom is 0.337 e. The van der Waals surface area contributed by atoms with Crippen molar-refractivity contribution < 1.29 is 14.6 Å². The van der Waals surface area contributed by atoms with Crippen LogP contribution in [-0.2, 0) is 4.74 Å². The van der Waals surface area contributed by atoms with Crippen molar-refractivity contribution >= 4 is 23.3 Å². The fourth-order valence-electron chi connectivity index (χ4n) is 1.56. The molecule has 1 rings (SSSR count). The topological polar surface area (TPSA) is 58.6 Å². The van der Waals surface area contributed by atoms with E-state index in [-0.39, 0.29) is 11.1 Å². The lowest BCUT2D eigenvalue weighted by molar-refractivity contribution is 0.0697. The van der Waals surface area contributed by atoms with Crippen LogP contribution in [0.3, 0.4) is 0 Å². The van der Waals surface area contributed by atoms with E-state index in [2.05, 4.69) is 5.32 Å². The van der Waals surface area contributed by atoms with E-state index in [0.29, 0.717) is 17.3 Å². The highest BCUT2D eigenvalue weighted by Crippen LogP contribution is 2.24. The number of carboxylic acids is 1. The predicted octanol–water partition coefficient (Wildman–Crippen LogP) is 2.88. The van der Waals surface area contributed by atoms with Crippen LogP contribution in [0, 0.1) is 0 Å². The minimum atomic E-state index is -1.01. The van der Waals surface area contributed by atoms with Gasteiger partial charge < -0.3 is 15.2 Å². The maximum atomic E-state index is 11.1. The Kier molecular flexibility index (Phi) is 4.37. The van der Waals surface area contributed by atoms with Gasteiger partial charge in [0.05, 0.1) is 17.7 Å². The highest BCUT2D eigenvalue weighted by Gasteiger charge is 2.20. The Hall–Kier alpha value is -1.26. The summed E-state index contributed by atoms with van der Waals surface area (Å²) >= 11 is 5.78. The molecule has 0 saturated heterocycles. The van der Waals surface area contributed by atoms with Gasteiger partial charge in [-0.1, -0.05) is 11.6 Å². The third kappa shape index (κ3) is 3.91. The number of aromatic carboxylic acids is 1. The quantitative estimate of drug-likeness (QED) is 0.852. The van der Waals surface area contributed by atoms with E-state index in [1.165, 1.54) is 6.07 Å². The summed E-state index contributed by atoms with van der Waals surface area (Å²) in [6, 6.07) is 4.73. The first kappa shape index (κ1) is 13.8. The van der Waals surface area contributed by atoms with Gasteiger partial charge in [-0.15, -0.1) is 0 Å². The predicted molar refractivity (Wildman–Crippen MR) is 68.0 cm³/mol. The molecule has 0 bridgehead atoms. The summed E-state index contributed by atoms with van der Waals surface area (Å²) in [5.41, 5.74) is 0.331. The molecule has 0 saturated carbocycles. The molecule has 0 radical (unpaired) electrons. The van der Waals surface area contributed by atoms with Crippen molar-refractivity contribution in [3.8, 4) is 0 Å². The zero-order valence-corrected chi connectivity index (χ0v) is 10.8. The number of carbonyl (C=O) groups is 1. The van der Waals surface area contributed by atoms with E-state index in [0.717, 1.165) is 0 Å². The second-order valence-corrected chi connectivity index (χ2v) is 4.87. The number of benzene rings is 1. The summed E-state index contributed by atoms with van der Waals surface area (Å²) in [6.07, 6.45) is 0. The van der Waals surface area contributed by atoms with Gasteiger partial charge >= 0.3 is 5.97 Å². The molecule has 5 heteroatoms. The molecule has 17 heavy (non-hydrogen) atoms. The van der Waals surface area contributed by atoms with Gasteiger partial charge in [-0.2, -0.15) is 0 Å². The molecule has 1 aromatic carbocycles. The van der Waals surface area contributed by atoms with Gasteiger partial charge in [-0.25, -0.2) is 4.79 Å². The highest BCUT2D eigenvalue weighted by atomic mass is 35.5. The largest absolute Gasteiger partial charge is 0.478 e. The molecule has 0 amide bonds. The number of nitrogens with one attached hydrogen (secondary N) is 1. The zero-order chi connectivity index (χ0) is 13.1. The Labute approximate surface area is 106 Å². The van der Waals surface area contributed by atoms with Crippen molar-refractivity contribution in [2.75, 3.05) is 19.0 Å². The van der Waals surface area contributed by atoms with Gasteiger partial charge in [0.25, 0.3) is 0 Å². The van der Waals surface area contributed by atoms with Crippen LogP contribution >= 0.6 is 11.6 Å². The minimum Gasteiger partial charge on any atom is -0.478 e. The summed E-state index contributed by atoms with van der Waals surface area (Å²) in [5.74, 6) is -1.01. The van der Waals surface area contributed by atoms with Crippen LogP contribution in [0.1, 0.15) is 24.2 Å². The fourth-order valence-corrected chi connectivity index (χ4v) is 1.74. The second-order valence-electron chi connectivity index (χ2n) is 4.44. The molecule has 0 aliphatic carbocycles. The molecule has 1 aromatic rings. The molecule has 0 aromatic heterocycles. The van der Waals surface area contributed by atoms with Gasteiger partial charge in [-0.05, 0) is 32.0 Å². The Bertz CT molecular complexity index is 418. The van der Waals surface area contributed by atoms with Gasteiger partial charge in [0, 0.05) is 17.8 Å². The number of halogens is 1. The molecule has 0 fully saturated rings. The molecule has 0 atom stereocenters. The normalized spacial score (nSPS) is 11.3. The van der Waals surface area contributed by atoms with Crippen molar-refractivity contribution in [3.05, 3.63) is 28.8 Å². The van der Waals surface area contributed by atoms with Crippen LogP contribution in [0.4, 0.5) is 5.69 Å². The molecular weight excluding hydrogens is 242 g/mol. The molecule has 0 spiro atoms. The summed E-state index contributed by atoms with van der Waals surface area (Å²) in [4.78, 5) is 11.1. The Morgan fingerprint density at radius 2 is 2.18 bits per heavy atom. The fraction of sp³-hybridized carbons (Fsp3) is 0.417. The van der Waals surface area contributed by atoms with Crippen molar-refractivity contribution in [2.24, 2.45) is 0 Å². The van der Waals surface area contributed by atoms with E-state index in [4.69, 9.17) is 21.4 Å². The first-order chi connectivity index (χ1) is 7.85. The summed E-state index contributed by atoms with van der Waals surface area (Å²) < 4.78 is 5.07. The van der Waals surface area contributed by atoms with Crippen molar-refractivity contribution in [1.29, 1.82) is 0 Å². The van der Waals surface area contributed by atoms with E-state index < -0.39 is 5.97 Å². The lowest BCUT2D eigenvalue weighted by Gasteiger charge is -2.27. The highest BCUT2D eigenvalue weighted by molar-refractivity contribution is 6.31. The molecule has 0 aliphatic heterocycles. The minimum absolute atomic E-state index is 0.154. The van der Waals surface area contributed by atoms with Crippen LogP contribution in [0.2, 0.25) is 5.02 Å². The smallest absolute Gasteiger partial charge is 0.337 e. The van der Waals surface area contributed by atoms with Crippen molar-refractivity contribution in [2.45, 2.75) is 19.4 Å². The van der Waals surface area contributed by atoms with Gasteiger partial charge in [0.15, 0.2) is 0 Å². The molecule has 4 nitrogen and oxygen atoms in total. The number of ether oxygens (including phenoxy) is 1. The zero-order valence-electron chi connectivity index (χ0n) is 10.1. The molecule has 94 valence electrons. The summed E-state index contributed by atoms with van der Waals surface area (Å²) in [7, 11) is 1.60. The van der Waals surface area contributed by atoms with Gasteiger partial charge in [0.2, 0.25) is 0 Å². The van der Waals surface area contributed by atoms with E-state index in [1.54, 1.807) is 19.2 Å². The van der Waals surface area contributed by atoms with Crippen LogP contribution in [0.5, 0.6) is 0 Å². The van der Waals surface area contributed by atoms with Gasteiger partial charge in [-0.3, -0.25) is 0 Å². The number of carboxylic acid groups (broad SMARTS) is 1. The van der Waals surface area contributed by atoms with Crippen LogP contribution in [0.15, 0.2) is 18.2 Å². The third-order valence-corrected chi connectivity index (χ3v) is 2.43. The third-order valence-electron chi connectivity index (χ3n) is 2.19. The van der Waals surface area contributed by atoms with E-state index in [9.17, 15) is 4.79 Å². The lowest BCUT2D eigenvalue weighted by Crippen LogP contribution is -2.36. The van der Waals surface area contributed by atoms with E-state index in [1.807, 2.05) is 13.8 Å². The first-order valence-electron chi connectivity index (χ1n) is 5.16. The standard InChI is InChI=1S/C12H16ClNO3/c1-12(2,7-17-3)14-10-5-4-8(13)6-9(10)11(15)16/h4-6,14H,7H2,1-3H3,(H,15,16). The first-order valence-corrected chi connectivity index (χ1v) is 5.53. The molecular formula is C12H16ClNO3. The van der Waals surface area contributed by atoms with Crippen LogP contribution < -0.4 is 5.32 Å². The number of anilines is 1. The summed E-state index contributed by atoms with van der Waals surface area (Å²) in [5, 5.41) is 12.6. The van der Waals surface area contributed by atoms with Crippen LogP contribution in [0.25, 0.3) is 0 Å². The Morgan fingerprint density at radius 3 is 2.71 bits per heavy atom. The molecule has 0 unspecified atom stereocenters. The molecule has 2 N–H and O–H groups in total. The SMILES string of the molecule is COCC(C)(C)Nc1ccc(Cl)cc1C(=O)O. The number of rotatable bonds is 5. The van der Waals surface area contributed by atoms with Crippen molar-refractivity contribution in [1.82, 2.24) is 0 Å². The number of hydrogen-bond acceptors (Lipinski definition) is 3. The number of methoxy groups -OCH3 is 1. The number of hydrogen-bond donors (Lipinski definition) is 2. The second kappa shape index (κ2) is 5.38. The Balaban J connectivity index is 3.02. The average Bonchev–Trinajstić information content (AvgIpc) is 2.20. The Morgan fingerprint density at radius 1 is 1.53 bits per heavy atom. The maximum absolute atomic E-state index is 11.1. The van der Waals surface area contributed by atoms with Crippen molar-refractivity contribution in [3.63, 3.8) is 0 Å². The lowest BCUT2D eigenvalue weighted by atomic mass is 10.0. The molecule has 0 aliphatic rings. The monoisotopic (exact) mass is 257 g/mol. The molecule has 0 heterocycles. The van der Waals surface area contributed by atoms with Crippen LogP contribution in [-0.4, -0.2) is 30.3 Å².